The minimum absolute atomic E-state index is 0.0761. The van der Waals surface area contributed by atoms with Crippen LogP contribution in [-0.2, 0) is 6.54 Å². The average Bonchev–Trinajstić information content (AvgIpc) is 2.49. The van der Waals surface area contributed by atoms with Crippen LogP contribution in [0.5, 0.6) is 0 Å². The fourth-order valence-electron chi connectivity index (χ4n) is 3.15. The van der Waals surface area contributed by atoms with Gasteiger partial charge in [-0.2, -0.15) is 0 Å². The van der Waals surface area contributed by atoms with Crippen LogP contribution in [0.3, 0.4) is 0 Å². The van der Waals surface area contributed by atoms with Crippen molar-refractivity contribution in [2.24, 2.45) is 0 Å². The van der Waals surface area contributed by atoms with Gasteiger partial charge in [-0.1, -0.05) is 29.6 Å². The largest absolute Gasteiger partial charge is 0.303 e. The van der Waals surface area contributed by atoms with Crippen LogP contribution < -0.4 is 5.56 Å². The van der Waals surface area contributed by atoms with Gasteiger partial charge in [0.1, 0.15) is 0 Å². The molecule has 1 aromatic heterocycles. The summed E-state index contributed by atoms with van der Waals surface area (Å²) in [5, 5.41) is 1.36. The summed E-state index contributed by atoms with van der Waals surface area (Å²) in [6.45, 7) is 1.81. The molecule has 0 spiro atoms. The summed E-state index contributed by atoms with van der Waals surface area (Å²) in [4.78, 5) is 19.3. The van der Waals surface area contributed by atoms with Crippen molar-refractivity contribution in [2.75, 3.05) is 13.6 Å². The molecule has 118 valence electrons. The number of benzene rings is 1. The Kier molecular flexibility index (Phi) is 4.71. The van der Waals surface area contributed by atoms with Gasteiger partial charge in [0.15, 0.2) is 0 Å². The minimum Gasteiger partial charge on any atom is -0.303 e. The SMILES string of the molecule is CN1CCCCC1CCn1cnc2c(Cl)cc(Cl)cc2c1=O. The molecule has 1 saturated heterocycles. The van der Waals surface area contributed by atoms with Crippen molar-refractivity contribution >= 4 is 34.1 Å². The number of aryl methyl sites for hydroxylation is 1. The van der Waals surface area contributed by atoms with Crippen molar-refractivity contribution in [1.29, 1.82) is 0 Å². The van der Waals surface area contributed by atoms with Crippen LogP contribution in [0.2, 0.25) is 10.0 Å². The van der Waals surface area contributed by atoms with Gasteiger partial charge in [0, 0.05) is 17.6 Å². The summed E-state index contributed by atoms with van der Waals surface area (Å²) < 4.78 is 1.66. The maximum Gasteiger partial charge on any atom is 0.261 e. The number of hydrogen-bond donors (Lipinski definition) is 0. The zero-order valence-electron chi connectivity index (χ0n) is 12.6. The van der Waals surface area contributed by atoms with E-state index in [1.54, 1.807) is 23.0 Å². The quantitative estimate of drug-likeness (QED) is 0.857. The summed E-state index contributed by atoms with van der Waals surface area (Å²) in [6, 6.07) is 3.79. The predicted molar refractivity (Wildman–Crippen MR) is 90.9 cm³/mol. The number of piperidine rings is 1. The summed E-state index contributed by atoms with van der Waals surface area (Å²) >= 11 is 12.1. The molecule has 4 nitrogen and oxygen atoms in total. The van der Waals surface area contributed by atoms with Crippen LogP contribution in [0.4, 0.5) is 0 Å². The van der Waals surface area contributed by atoms with E-state index in [1.807, 2.05) is 0 Å². The standard InChI is InChI=1S/C16H19Cl2N3O/c1-20-6-3-2-4-12(20)5-7-21-10-19-15-13(16(21)22)8-11(17)9-14(15)18/h8-10,12H,2-7H2,1H3. The molecule has 6 heteroatoms. The maximum atomic E-state index is 12.6. The van der Waals surface area contributed by atoms with Crippen molar-refractivity contribution < 1.29 is 0 Å². The highest BCUT2D eigenvalue weighted by Gasteiger charge is 2.19. The number of aromatic nitrogens is 2. The van der Waals surface area contributed by atoms with E-state index >= 15 is 0 Å². The fourth-order valence-corrected chi connectivity index (χ4v) is 3.69. The zero-order chi connectivity index (χ0) is 15.7. The van der Waals surface area contributed by atoms with Gasteiger partial charge in [0.2, 0.25) is 0 Å². The molecule has 2 aromatic rings. The first-order valence-electron chi connectivity index (χ1n) is 7.60. The summed E-state index contributed by atoms with van der Waals surface area (Å²) in [5.41, 5.74) is 0.440. The zero-order valence-corrected chi connectivity index (χ0v) is 14.1. The first kappa shape index (κ1) is 15.8. The Bertz CT molecular complexity index is 744. The normalized spacial score (nSPS) is 19.7. The Morgan fingerprint density at radius 2 is 2.14 bits per heavy atom. The first-order valence-corrected chi connectivity index (χ1v) is 8.36. The molecule has 1 aliphatic heterocycles. The van der Waals surface area contributed by atoms with E-state index in [-0.39, 0.29) is 5.56 Å². The highest BCUT2D eigenvalue weighted by atomic mass is 35.5. The number of nitrogens with zero attached hydrogens (tertiary/aromatic N) is 3. The molecule has 0 radical (unpaired) electrons. The lowest BCUT2D eigenvalue weighted by molar-refractivity contribution is 0.170. The van der Waals surface area contributed by atoms with E-state index in [0.717, 1.165) is 13.0 Å². The molecular weight excluding hydrogens is 321 g/mol. The summed E-state index contributed by atoms with van der Waals surface area (Å²) in [6.07, 6.45) is 6.28. The summed E-state index contributed by atoms with van der Waals surface area (Å²) in [7, 11) is 2.16. The Balaban J connectivity index is 1.85. The van der Waals surface area contributed by atoms with Crippen molar-refractivity contribution in [2.45, 2.75) is 38.3 Å². The monoisotopic (exact) mass is 339 g/mol. The molecule has 1 unspecified atom stereocenters. The minimum atomic E-state index is -0.0761. The van der Waals surface area contributed by atoms with Gasteiger partial charge in [0.05, 0.1) is 22.3 Å². The van der Waals surface area contributed by atoms with Crippen LogP contribution in [-0.4, -0.2) is 34.1 Å². The second-order valence-electron chi connectivity index (χ2n) is 5.95. The molecule has 2 heterocycles. The molecule has 0 saturated carbocycles. The average molecular weight is 340 g/mol. The number of halogens is 2. The third kappa shape index (κ3) is 3.14. The van der Waals surface area contributed by atoms with Gasteiger partial charge in [-0.25, -0.2) is 4.98 Å². The van der Waals surface area contributed by atoms with Crippen LogP contribution in [0, 0.1) is 0 Å². The molecule has 0 N–H and O–H groups in total. The van der Waals surface area contributed by atoms with Crippen molar-refractivity contribution in [3.8, 4) is 0 Å². The van der Waals surface area contributed by atoms with E-state index in [0.29, 0.717) is 33.5 Å². The number of hydrogen-bond acceptors (Lipinski definition) is 3. The van der Waals surface area contributed by atoms with E-state index in [4.69, 9.17) is 23.2 Å². The van der Waals surface area contributed by atoms with Crippen LogP contribution in [0.25, 0.3) is 10.9 Å². The van der Waals surface area contributed by atoms with Gasteiger partial charge >= 0.3 is 0 Å². The second-order valence-corrected chi connectivity index (χ2v) is 6.79. The maximum absolute atomic E-state index is 12.6. The molecule has 1 aliphatic rings. The molecule has 3 rings (SSSR count). The first-order chi connectivity index (χ1) is 10.6. The van der Waals surface area contributed by atoms with Gasteiger partial charge in [-0.15, -0.1) is 0 Å². The van der Waals surface area contributed by atoms with Gasteiger partial charge in [-0.05, 0) is 45.0 Å². The summed E-state index contributed by atoms with van der Waals surface area (Å²) in [5.74, 6) is 0. The lowest BCUT2D eigenvalue weighted by atomic mass is 10.0. The van der Waals surface area contributed by atoms with Crippen LogP contribution in [0.1, 0.15) is 25.7 Å². The third-order valence-electron chi connectivity index (χ3n) is 4.47. The van der Waals surface area contributed by atoms with Crippen molar-refractivity contribution in [3.05, 3.63) is 38.9 Å². The van der Waals surface area contributed by atoms with E-state index in [9.17, 15) is 4.79 Å². The number of likely N-dealkylation sites (tertiary alicyclic amines) is 1. The molecule has 0 bridgehead atoms. The molecule has 1 aromatic carbocycles. The molecular formula is C16H19Cl2N3O. The Morgan fingerprint density at radius 3 is 2.91 bits per heavy atom. The van der Waals surface area contributed by atoms with Gasteiger partial charge in [0.25, 0.3) is 5.56 Å². The van der Waals surface area contributed by atoms with Gasteiger partial charge in [-0.3, -0.25) is 9.36 Å². The van der Waals surface area contributed by atoms with Crippen molar-refractivity contribution in [1.82, 2.24) is 14.5 Å². The van der Waals surface area contributed by atoms with E-state index in [2.05, 4.69) is 16.9 Å². The molecule has 0 aliphatic carbocycles. The lowest BCUT2D eigenvalue weighted by Crippen LogP contribution is -2.37. The van der Waals surface area contributed by atoms with E-state index in [1.165, 1.54) is 19.3 Å². The smallest absolute Gasteiger partial charge is 0.261 e. The van der Waals surface area contributed by atoms with Crippen molar-refractivity contribution in [3.63, 3.8) is 0 Å². The van der Waals surface area contributed by atoms with E-state index < -0.39 is 0 Å². The second kappa shape index (κ2) is 6.57. The number of fused-ring (bicyclic) bond motifs is 1. The fraction of sp³-hybridized carbons (Fsp3) is 0.500. The van der Waals surface area contributed by atoms with Crippen LogP contribution >= 0.6 is 23.2 Å². The van der Waals surface area contributed by atoms with Crippen LogP contribution in [0.15, 0.2) is 23.3 Å². The Morgan fingerprint density at radius 1 is 1.32 bits per heavy atom. The molecule has 1 fully saturated rings. The predicted octanol–water partition coefficient (Wildman–Crippen LogP) is 3.58. The third-order valence-corrected chi connectivity index (χ3v) is 4.98. The lowest BCUT2D eigenvalue weighted by Gasteiger charge is -2.32. The highest BCUT2D eigenvalue weighted by Crippen LogP contribution is 2.24. The molecule has 1 atom stereocenters. The Labute approximate surface area is 139 Å². The molecule has 22 heavy (non-hydrogen) atoms. The number of rotatable bonds is 3. The highest BCUT2D eigenvalue weighted by molar-refractivity contribution is 6.38. The topological polar surface area (TPSA) is 38.1 Å². The molecule has 0 amide bonds. The Hall–Kier alpha value is -1.10. The van der Waals surface area contributed by atoms with Gasteiger partial charge < -0.3 is 4.90 Å².